The number of hydrogen-bond donors (Lipinski definition) is 2. The summed E-state index contributed by atoms with van der Waals surface area (Å²) >= 11 is 0.875. The third-order valence-electron chi connectivity index (χ3n) is 5.50. The van der Waals surface area contributed by atoms with Crippen LogP contribution in [0.15, 0.2) is 72.8 Å². The Morgan fingerprint density at radius 2 is 1.52 bits per heavy atom. The molecule has 0 atom stereocenters. The molecule has 0 saturated heterocycles. The molecule has 0 spiro atoms. The molecule has 0 fully saturated rings. The van der Waals surface area contributed by atoms with Gasteiger partial charge in [-0.15, -0.1) is 0 Å². The fraction of sp³-hybridized carbons (Fsp3) is 0.0800. The number of rotatable bonds is 5. The van der Waals surface area contributed by atoms with E-state index < -0.39 is 17.9 Å². The van der Waals surface area contributed by atoms with Crippen LogP contribution in [0.4, 0.5) is 14.3 Å². The van der Waals surface area contributed by atoms with E-state index in [9.17, 15) is 19.1 Å². The number of aromatic carboxylic acids is 1. The number of carboxylic acid groups (broad SMARTS) is 1. The molecule has 2 N–H and O–H groups in total. The van der Waals surface area contributed by atoms with E-state index >= 15 is 0 Å². The lowest BCUT2D eigenvalue weighted by atomic mass is 9.98. The lowest BCUT2D eigenvalue weighted by molar-refractivity contribution is 0.0692. The molecule has 0 aliphatic heterocycles. The summed E-state index contributed by atoms with van der Waals surface area (Å²) in [6.07, 6.45) is -0.761. The standard InChI is InChI=1S/C25H17FN2O4S/c26-20-12-6-5-11-18(20)22-21(23(29)30)27-24(33-22)28-25(31)32-13-19-16-9-3-1-7-14(16)15-8-2-4-10-17(15)19/h1-12,19H,13H2,(H,29,30)(H,27,28,31). The van der Waals surface area contributed by atoms with Gasteiger partial charge in [0.1, 0.15) is 12.4 Å². The Labute approximate surface area is 192 Å². The van der Waals surface area contributed by atoms with Gasteiger partial charge >= 0.3 is 12.1 Å². The monoisotopic (exact) mass is 460 g/mol. The van der Waals surface area contributed by atoms with E-state index in [1.54, 1.807) is 6.07 Å². The Bertz CT molecular complexity index is 1340. The number of benzene rings is 3. The molecule has 0 radical (unpaired) electrons. The van der Waals surface area contributed by atoms with Crippen molar-refractivity contribution in [1.82, 2.24) is 4.98 Å². The van der Waals surface area contributed by atoms with E-state index in [0.717, 1.165) is 33.6 Å². The zero-order chi connectivity index (χ0) is 22.9. The molecule has 1 aliphatic rings. The number of carbonyl (C=O) groups is 2. The smallest absolute Gasteiger partial charge is 0.413 e. The van der Waals surface area contributed by atoms with Crippen molar-refractivity contribution < 1.29 is 23.8 Å². The second-order valence-corrected chi connectivity index (χ2v) is 8.43. The van der Waals surface area contributed by atoms with Gasteiger partial charge < -0.3 is 9.84 Å². The van der Waals surface area contributed by atoms with Gasteiger partial charge in [-0.25, -0.2) is 19.0 Å². The van der Waals surface area contributed by atoms with Gasteiger partial charge in [-0.3, -0.25) is 5.32 Å². The first kappa shape index (κ1) is 20.8. The van der Waals surface area contributed by atoms with Gasteiger partial charge in [-0.1, -0.05) is 78.1 Å². The molecule has 4 aromatic rings. The summed E-state index contributed by atoms with van der Waals surface area (Å²) in [5.74, 6) is -2.00. The van der Waals surface area contributed by atoms with Crippen LogP contribution in [0.3, 0.4) is 0 Å². The largest absolute Gasteiger partial charge is 0.476 e. The van der Waals surface area contributed by atoms with E-state index in [1.807, 2.05) is 48.5 Å². The number of amides is 1. The summed E-state index contributed by atoms with van der Waals surface area (Å²) in [5.41, 5.74) is 4.16. The first-order valence-electron chi connectivity index (χ1n) is 10.1. The van der Waals surface area contributed by atoms with Crippen LogP contribution in [0.2, 0.25) is 0 Å². The highest BCUT2D eigenvalue weighted by atomic mass is 32.1. The molecule has 164 valence electrons. The Balaban J connectivity index is 1.34. The van der Waals surface area contributed by atoms with Gasteiger partial charge in [0, 0.05) is 11.5 Å². The van der Waals surface area contributed by atoms with Gasteiger partial charge in [-0.2, -0.15) is 0 Å². The molecule has 33 heavy (non-hydrogen) atoms. The minimum absolute atomic E-state index is 0.0166. The number of carboxylic acids is 1. The molecule has 5 rings (SSSR count). The second-order valence-electron chi connectivity index (χ2n) is 7.43. The first-order valence-corrected chi connectivity index (χ1v) is 11.0. The minimum Gasteiger partial charge on any atom is -0.476 e. The molecule has 1 aliphatic carbocycles. The molecule has 6 nitrogen and oxygen atoms in total. The Kier molecular flexibility index (Phi) is 5.35. The number of anilines is 1. The van der Waals surface area contributed by atoms with Gasteiger partial charge in [0.15, 0.2) is 10.8 Å². The third kappa shape index (κ3) is 3.85. The molecular weight excluding hydrogens is 443 g/mol. The zero-order valence-corrected chi connectivity index (χ0v) is 17.9. The van der Waals surface area contributed by atoms with Gasteiger partial charge in [-0.05, 0) is 28.3 Å². The summed E-state index contributed by atoms with van der Waals surface area (Å²) in [6.45, 7) is 0.108. The maximum absolute atomic E-state index is 14.2. The highest BCUT2D eigenvalue weighted by molar-refractivity contribution is 7.19. The lowest BCUT2D eigenvalue weighted by Crippen LogP contribution is -2.18. The number of carbonyl (C=O) groups excluding carboxylic acids is 1. The maximum Gasteiger partial charge on any atom is 0.413 e. The molecular formula is C25H17FN2O4S. The van der Waals surface area contributed by atoms with Crippen molar-refractivity contribution in [2.75, 3.05) is 11.9 Å². The maximum atomic E-state index is 14.2. The van der Waals surface area contributed by atoms with Crippen molar-refractivity contribution >= 4 is 28.5 Å². The van der Waals surface area contributed by atoms with Crippen molar-refractivity contribution in [2.45, 2.75) is 5.92 Å². The molecule has 1 aromatic heterocycles. The van der Waals surface area contributed by atoms with Crippen molar-refractivity contribution in [3.63, 3.8) is 0 Å². The summed E-state index contributed by atoms with van der Waals surface area (Å²) in [5, 5.41) is 12.0. The topological polar surface area (TPSA) is 88.5 Å². The van der Waals surface area contributed by atoms with E-state index in [4.69, 9.17) is 4.74 Å². The Hall–Kier alpha value is -4.04. The molecule has 1 amide bonds. The van der Waals surface area contributed by atoms with Crippen molar-refractivity contribution in [3.05, 3.63) is 95.4 Å². The van der Waals surface area contributed by atoms with Crippen molar-refractivity contribution in [3.8, 4) is 21.6 Å². The normalized spacial score (nSPS) is 12.2. The number of hydrogen-bond acceptors (Lipinski definition) is 5. The SMILES string of the molecule is O=C(Nc1nc(C(=O)O)c(-c2ccccc2F)s1)OCC1c2ccccc2-c2ccccc21. The summed E-state index contributed by atoms with van der Waals surface area (Å²) < 4.78 is 19.7. The van der Waals surface area contributed by atoms with Crippen LogP contribution in [-0.4, -0.2) is 28.8 Å². The number of aromatic nitrogens is 1. The van der Waals surface area contributed by atoms with E-state index in [0.29, 0.717) is 0 Å². The molecule has 0 bridgehead atoms. The molecule has 1 heterocycles. The summed E-state index contributed by atoms with van der Waals surface area (Å²) in [7, 11) is 0. The van der Waals surface area contributed by atoms with Crippen LogP contribution in [0, 0.1) is 5.82 Å². The number of fused-ring (bicyclic) bond motifs is 3. The van der Waals surface area contributed by atoms with Crippen LogP contribution in [-0.2, 0) is 4.74 Å². The van der Waals surface area contributed by atoms with Crippen LogP contribution in [0.1, 0.15) is 27.5 Å². The van der Waals surface area contributed by atoms with E-state index in [-0.39, 0.29) is 33.8 Å². The molecule has 0 saturated carbocycles. The van der Waals surface area contributed by atoms with E-state index in [2.05, 4.69) is 10.3 Å². The lowest BCUT2D eigenvalue weighted by Gasteiger charge is -2.14. The first-order chi connectivity index (χ1) is 16.0. The van der Waals surface area contributed by atoms with Gasteiger partial charge in [0.25, 0.3) is 0 Å². The average molecular weight is 460 g/mol. The number of thiazole rings is 1. The van der Waals surface area contributed by atoms with Crippen molar-refractivity contribution in [1.29, 1.82) is 0 Å². The number of ether oxygens (including phenoxy) is 1. The van der Waals surface area contributed by atoms with Crippen LogP contribution >= 0.6 is 11.3 Å². The minimum atomic E-state index is -1.31. The van der Waals surface area contributed by atoms with Crippen LogP contribution in [0.5, 0.6) is 0 Å². The average Bonchev–Trinajstić information content (AvgIpc) is 3.37. The van der Waals surface area contributed by atoms with Crippen molar-refractivity contribution in [2.24, 2.45) is 0 Å². The fourth-order valence-electron chi connectivity index (χ4n) is 4.07. The van der Waals surface area contributed by atoms with E-state index in [1.165, 1.54) is 18.2 Å². The van der Waals surface area contributed by atoms with Gasteiger partial charge in [0.2, 0.25) is 0 Å². The van der Waals surface area contributed by atoms with Crippen LogP contribution < -0.4 is 5.32 Å². The van der Waals surface area contributed by atoms with Crippen LogP contribution in [0.25, 0.3) is 21.6 Å². The number of halogens is 1. The highest BCUT2D eigenvalue weighted by Crippen LogP contribution is 2.44. The predicted octanol–water partition coefficient (Wildman–Crippen LogP) is 6.01. The summed E-state index contributed by atoms with van der Waals surface area (Å²) in [6, 6.07) is 21.8. The molecule has 3 aromatic carbocycles. The third-order valence-corrected chi connectivity index (χ3v) is 6.50. The second kappa shape index (κ2) is 8.48. The predicted molar refractivity (Wildman–Crippen MR) is 123 cm³/mol. The number of nitrogens with zero attached hydrogens (tertiary/aromatic N) is 1. The molecule has 8 heteroatoms. The molecule has 0 unspecified atom stereocenters. The van der Waals surface area contributed by atoms with Gasteiger partial charge in [0.05, 0.1) is 4.88 Å². The zero-order valence-electron chi connectivity index (χ0n) is 17.1. The Morgan fingerprint density at radius 1 is 0.939 bits per heavy atom. The quantitative estimate of drug-likeness (QED) is 0.381. The highest BCUT2D eigenvalue weighted by Gasteiger charge is 2.29. The summed E-state index contributed by atoms with van der Waals surface area (Å²) in [4.78, 5) is 28.2. The number of nitrogens with one attached hydrogen (secondary N) is 1. The fourth-order valence-corrected chi connectivity index (χ4v) is 5.04. The Morgan fingerprint density at radius 3 is 2.12 bits per heavy atom.